The van der Waals surface area contributed by atoms with Crippen LogP contribution in [-0.2, 0) is 6.54 Å². The van der Waals surface area contributed by atoms with Crippen LogP contribution in [0.1, 0.15) is 39.3 Å². The zero-order chi connectivity index (χ0) is 13.0. The molecule has 1 saturated heterocycles. The van der Waals surface area contributed by atoms with Crippen LogP contribution >= 0.6 is 0 Å². The molecular weight excluding hydrogens is 224 g/mol. The summed E-state index contributed by atoms with van der Waals surface area (Å²) >= 11 is 0. The van der Waals surface area contributed by atoms with E-state index in [2.05, 4.69) is 36.0 Å². The summed E-state index contributed by atoms with van der Waals surface area (Å²) in [5.41, 5.74) is 1.03. The van der Waals surface area contributed by atoms with Crippen molar-refractivity contribution in [1.82, 2.24) is 15.3 Å². The maximum absolute atomic E-state index is 4.70. The van der Waals surface area contributed by atoms with Crippen LogP contribution in [0.25, 0.3) is 0 Å². The van der Waals surface area contributed by atoms with E-state index in [4.69, 9.17) is 4.98 Å². The lowest BCUT2D eigenvalue weighted by Crippen LogP contribution is -2.28. The van der Waals surface area contributed by atoms with E-state index in [1.807, 2.05) is 12.4 Å². The predicted octanol–water partition coefficient (Wildman–Crippen LogP) is 2.21. The summed E-state index contributed by atoms with van der Waals surface area (Å²) in [4.78, 5) is 11.4. The average Bonchev–Trinajstić information content (AvgIpc) is 2.75. The Morgan fingerprint density at radius 2 is 2.28 bits per heavy atom. The van der Waals surface area contributed by atoms with Crippen molar-refractivity contribution in [1.29, 1.82) is 0 Å². The highest BCUT2D eigenvalue weighted by molar-refractivity contribution is 5.38. The lowest BCUT2D eigenvalue weighted by Gasteiger charge is -2.22. The summed E-state index contributed by atoms with van der Waals surface area (Å²) in [7, 11) is 0. The minimum atomic E-state index is 0.596. The topological polar surface area (TPSA) is 41.1 Å². The molecule has 1 N–H and O–H groups in total. The fraction of sp³-hybridized carbons (Fsp3) is 0.714. The Balaban J connectivity index is 1.96. The van der Waals surface area contributed by atoms with Crippen LogP contribution in [0.2, 0.25) is 0 Å². The van der Waals surface area contributed by atoms with Crippen LogP contribution in [0.4, 0.5) is 5.82 Å². The van der Waals surface area contributed by atoms with Gasteiger partial charge < -0.3 is 10.2 Å². The van der Waals surface area contributed by atoms with Crippen LogP contribution in [0, 0.1) is 5.92 Å². The normalized spacial score (nSPS) is 19.8. The fourth-order valence-corrected chi connectivity index (χ4v) is 2.38. The largest absolute Gasteiger partial charge is 0.353 e. The first-order valence-electron chi connectivity index (χ1n) is 6.95. The van der Waals surface area contributed by atoms with Crippen molar-refractivity contribution in [2.24, 2.45) is 5.92 Å². The molecular formula is C14H24N4. The standard InChI is InChI=1S/C14H24N4/c1-11(2)7-15-8-13-9-16-10-14(17-13)18-6-4-5-12(18)3/h9-12,15H,4-8H2,1-3H3. The number of hydrogen-bond acceptors (Lipinski definition) is 4. The summed E-state index contributed by atoms with van der Waals surface area (Å²) < 4.78 is 0. The summed E-state index contributed by atoms with van der Waals surface area (Å²) in [6.45, 7) is 9.62. The Labute approximate surface area is 110 Å². The van der Waals surface area contributed by atoms with Gasteiger partial charge in [-0.25, -0.2) is 4.98 Å². The van der Waals surface area contributed by atoms with E-state index in [0.717, 1.165) is 31.1 Å². The first-order valence-corrected chi connectivity index (χ1v) is 6.95. The molecule has 1 aromatic heterocycles. The smallest absolute Gasteiger partial charge is 0.147 e. The average molecular weight is 248 g/mol. The van der Waals surface area contributed by atoms with Gasteiger partial charge in [0.2, 0.25) is 0 Å². The zero-order valence-electron chi connectivity index (χ0n) is 11.7. The number of aromatic nitrogens is 2. The van der Waals surface area contributed by atoms with Gasteiger partial charge in [0.05, 0.1) is 11.9 Å². The molecule has 0 amide bonds. The lowest BCUT2D eigenvalue weighted by molar-refractivity contribution is 0.547. The van der Waals surface area contributed by atoms with Gasteiger partial charge in [0, 0.05) is 25.3 Å². The van der Waals surface area contributed by atoms with Crippen LogP contribution < -0.4 is 10.2 Å². The summed E-state index contributed by atoms with van der Waals surface area (Å²) in [5, 5.41) is 3.41. The number of hydrogen-bond donors (Lipinski definition) is 1. The second-order valence-corrected chi connectivity index (χ2v) is 5.58. The van der Waals surface area contributed by atoms with Gasteiger partial charge in [-0.15, -0.1) is 0 Å². The molecule has 1 unspecified atom stereocenters. The molecule has 1 aliphatic rings. The molecule has 1 atom stereocenters. The number of anilines is 1. The van der Waals surface area contributed by atoms with E-state index in [-0.39, 0.29) is 0 Å². The molecule has 4 heteroatoms. The summed E-state index contributed by atoms with van der Waals surface area (Å²) in [5.74, 6) is 1.70. The fourth-order valence-electron chi connectivity index (χ4n) is 2.38. The molecule has 1 aromatic rings. The minimum absolute atomic E-state index is 0.596. The van der Waals surface area contributed by atoms with E-state index in [0.29, 0.717) is 12.0 Å². The number of rotatable bonds is 5. The quantitative estimate of drug-likeness (QED) is 0.867. The van der Waals surface area contributed by atoms with Crippen molar-refractivity contribution in [3.63, 3.8) is 0 Å². The zero-order valence-corrected chi connectivity index (χ0v) is 11.7. The van der Waals surface area contributed by atoms with E-state index in [1.54, 1.807) is 0 Å². The van der Waals surface area contributed by atoms with Gasteiger partial charge in [-0.1, -0.05) is 13.8 Å². The Morgan fingerprint density at radius 1 is 1.44 bits per heavy atom. The van der Waals surface area contributed by atoms with E-state index < -0.39 is 0 Å². The van der Waals surface area contributed by atoms with Gasteiger partial charge >= 0.3 is 0 Å². The molecule has 0 aliphatic carbocycles. The van der Waals surface area contributed by atoms with Crippen LogP contribution in [0.15, 0.2) is 12.4 Å². The van der Waals surface area contributed by atoms with Crippen molar-refractivity contribution < 1.29 is 0 Å². The van der Waals surface area contributed by atoms with Gasteiger partial charge in [0.1, 0.15) is 5.82 Å². The Morgan fingerprint density at radius 3 is 2.94 bits per heavy atom. The van der Waals surface area contributed by atoms with Crippen LogP contribution in [-0.4, -0.2) is 29.1 Å². The Hall–Kier alpha value is -1.16. The van der Waals surface area contributed by atoms with Crippen LogP contribution in [0.5, 0.6) is 0 Å². The first kappa shape index (κ1) is 13.3. The lowest BCUT2D eigenvalue weighted by atomic mass is 10.2. The van der Waals surface area contributed by atoms with Gasteiger partial charge in [-0.3, -0.25) is 4.98 Å². The van der Waals surface area contributed by atoms with Gasteiger partial charge in [0.15, 0.2) is 0 Å². The van der Waals surface area contributed by atoms with Crippen molar-refractivity contribution in [3.8, 4) is 0 Å². The molecule has 4 nitrogen and oxygen atoms in total. The maximum atomic E-state index is 4.70. The van der Waals surface area contributed by atoms with Gasteiger partial charge in [-0.05, 0) is 32.2 Å². The van der Waals surface area contributed by atoms with Crippen molar-refractivity contribution in [2.75, 3.05) is 18.0 Å². The second kappa shape index (κ2) is 6.14. The highest BCUT2D eigenvalue weighted by Crippen LogP contribution is 2.22. The molecule has 0 saturated carbocycles. The van der Waals surface area contributed by atoms with E-state index in [9.17, 15) is 0 Å². The molecule has 100 valence electrons. The number of nitrogens with one attached hydrogen (secondary N) is 1. The molecule has 1 fully saturated rings. The SMILES string of the molecule is CC(C)CNCc1cncc(N2CCCC2C)n1. The molecule has 0 radical (unpaired) electrons. The van der Waals surface area contributed by atoms with E-state index in [1.165, 1.54) is 12.8 Å². The third-order valence-electron chi connectivity index (χ3n) is 3.38. The van der Waals surface area contributed by atoms with E-state index >= 15 is 0 Å². The first-order chi connectivity index (χ1) is 8.66. The third-order valence-corrected chi connectivity index (χ3v) is 3.38. The Bertz CT molecular complexity index is 378. The third kappa shape index (κ3) is 3.42. The molecule has 2 heterocycles. The van der Waals surface area contributed by atoms with Crippen molar-refractivity contribution in [3.05, 3.63) is 18.1 Å². The number of nitrogens with zero attached hydrogens (tertiary/aromatic N) is 3. The Kier molecular flexibility index (Phi) is 4.53. The molecule has 0 aromatic carbocycles. The molecule has 18 heavy (non-hydrogen) atoms. The highest BCUT2D eigenvalue weighted by Gasteiger charge is 2.21. The van der Waals surface area contributed by atoms with Gasteiger partial charge in [-0.2, -0.15) is 0 Å². The molecule has 2 rings (SSSR count). The van der Waals surface area contributed by atoms with Crippen LogP contribution in [0.3, 0.4) is 0 Å². The second-order valence-electron chi connectivity index (χ2n) is 5.58. The molecule has 0 spiro atoms. The highest BCUT2D eigenvalue weighted by atomic mass is 15.2. The molecule has 0 bridgehead atoms. The minimum Gasteiger partial charge on any atom is -0.353 e. The van der Waals surface area contributed by atoms with Crippen molar-refractivity contribution >= 4 is 5.82 Å². The monoisotopic (exact) mass is 248 g/mol. The molecule has 1 aliphatic heterocycles. The summed E-state index contributed by atoms with van der Waals surface area (Å²) in [6.07, 6.45) is 6.27. The maximum Gasteiger partial charge on any atom is 0.147 e. The predicted molar refractivity (Wildman–Crippen MR) is 74.6 cm³/mol. The summed E-state index contributed by atoms with van der Waals surface area (Å²) in [6, 6.07) is 0.596. The van der Waals surface area contributed by atoms with Crippen molar-refractivity contribution in [2.45, 2.75) is 46.2 Å². The van der Waals surface area contributed by atoms with Gasteiger partial charge in [0.25, 0.3) is 0 Å².